The topological polar surface area (TPSA) is 41.2 Å². The third-order valence-corrected chi connectivity index (χ3v) is 6.94. The largest absolute Gasteiger partial charge is 0.497 e. The zero-order valence-electron chi connectivity index (χ0n) is 20.0. The number of aromatic nitrogens is 3. The summed E-state index contributed by atoms with van der Waals surface area (Å²) in [6.07, 6.45) is 0. The van der Waals surface area contributed by atoms with E-state index in [4.69, 9.17) is 14.5 Å². The van der Waals surface area contributed by atoms with E-state index in [2.05, 4.69) is 88.0 Å². The Balaban J connectivity index is 1.61. The highest BCUT2D eigenvalue weighted by Crippen LogP contribution is 2.38. The summed E-state index contributed by atoms with van der Waals surface area (Å²) in [6.45, 7) is 0. The molecule has 7 rings (SSSR count). The first-order chi connectivity index (χ1) is 17.8. The van der Waals surface area contributed by atoms with Crippen molar-refractivity contribution in [1.82, 2.24) is 14.1 Å². The summed E-state index contributed by atoms with van der Waals surface area (Å²) < 4.78 is 15.3. The third kappa shape index (κ3) is 2.93. The first kappa shape index (κ1) is 20.6. The molecule has 36 heavy (non-hydrogen) atoms. The van der Waals surface area contributed by atoms with Gasteiger partial charge in [-0.25, -0.2) is 4.98 Å². The first-order valence-electron chi connectivity index (χ1n) is 11.9. The predicted octanol–water partition coefficient (Wildman–Crippen LogP) is 7.29. The summed E-state index contributed by atoms with van der Waals surface area (Å²) >= 11 is 0. The van der Waals surface area contributed by atoms with Gasteiger partial charge in [0.05, 0.1) is 25.3 Å². The Labute approximate surface area is 207 Å². The fourth-order valence-corrected chi connectivity index (χ4v) is 5.24. The summed E-state index contributed by atoms with van der Waals surface area (Å²) in [4.78, 5) is 5.35. The predicted molar refractivity (Wildman–Crippen MR) is 146 cm³/mol. The van der Waals surface area contributed by atoms with Gasteiger partial charge in [0.2, 0.25) is 0 Å². The van der Waals surface area contributed by atoms with Gasteiger partial charge in [0.15, 0.2) is 0 Å². The fourth-order valence-electron chi connectivity index (χ4n) is 5.24. The number of rotatable bonds is 4. The van der Waals surface area contributed by atoms with Crippen molar-refractivity contribution < 1.29 is 9.47 Å². The molecule has 0 amide bonds. The van der Waals surface area contributed by atoms with Crippen LogP contribution in [0, 0.1) is 0 Å². The van der Waals surface area contributed by atoms with E-state index in [1.165, 1.54) is 10.8 Å². The second-order valence-electron chi connectivity index (χ2n) is 8.83. The standard InChI is InChI=1S/C31H23N3O2/c1-35-22-15-11-20(12-16-22)33-28-9-5-3-7-24(28)26-19-27-25-8-4-6-10-29(25)34(31(27)32-30(26)33)21-13-17-23(36-2)18-14-21/h3-19H,1-2H3. The molecule has 0 radical (unpaired) electrons. The maximum atomic E-state index is 5.40. The van der Waals surface area contributed by atoms with Crippen LogP contribution < -0.4 is 9.47 Å². The third-order valence-electron chi connectivity index (χ3n) is 6.94. The van der Waals surface area contributed by atoms with Crippen LogP contribution in [-0.4, -0.2) is 28.3 Å². The number of nitrogens with zero attached hydrogens (tertiary/aromatic N) is 3. The summed E-state index contributed by atoms with van der Waals surface area (Å²) in [5.74, 6) is 1.66. The number of hydrogen-bond acceptors (Lipinski definition) is 3. The molecule has 0 unspecified atom stereocenters. The zero-order valence-corrected chi connectivity index (χ0v) is 20.0. The molecule has 0 aliphatic carbocycles. The molecule has 5 nitrogen and oxygen atoms in total. The molecule has 0 fully saturated rings. The van der Waals surface area contributed by atoms with Crippen LogP contribution in [0.2, 0.25) is 0 Å². The highest BCUT2D eigenvalue weighted by Gasteiger charge is 2.19. The number of benzene rings is 4. The Morgan fingerprint density at radius 3 is 1.33 bits per heavy atom. The van der Waals surface area contributed by atoms with Gasteiger partial charge in [0, 0.05) is 32.9 Å². The second-order valence-corrected chi connectivity index (χ2v) is 8.83. The number of pyridine rings is 1. The van der Waals surface area contributed by atoms with Crippen LogP contribution in [0.15, 0.2) is 103 Å². The Hall–Kier alpha value is -4.77. The highest BCUT2D eigenvalue weighted by atomic mass is 16.5. The molecule has 4 aromatic carbocycles. The average molecular weight is 470 g/mol. The number of para-hydroxylation sites is 2. The van der Waals surface area contributed by atoms with E-state index in [1.807, 2.05) is 24.3 Å². The van der Waals surface area contributed by atoms with Gasteiger partial charge >= 0.3 is 0 Å². The van der Waals surface area contributed by atoms with Crippen molar-refractivity contribution in [3.05, 3.63) is 103 Å². The molecular formula is C31H23N3O2. The van der Waals surface area contributed by atoms with E-state index >= 15 is 0 Å². The average Bonchev–Trinajstić information content (AvgIpc) is 3.44. The van der Waals surface area contributed by atoms with Crippen molar-refractivity contribution in [2.24, 2.45) is 0 Å². The maximum Gasteiger partial charge on any atom is 0.148 e. The highest BCUT2D eigenvalue weighted by molar-refractivity contribution is 6.16. The van der Waals surface area contributed by atoms with Crippen molar-refractivity contribution in [3.8, 4) is 22.9 Å². The van der Waals surface area contributed by atoms with E-state index < -0.39 is 0 Å². The Kier molecular flexibility index (Phi) is 4.51. The van der Waals surface area contributed by atoms with Crippen molar-refractivity contribution in [2.75, 3.05) is 14.2 Å². The summed E-state index contributed by atoms with van der Waals surface area (Å²) in [7, 11) is 3.37. The van der Waals surface area contributed by atoms with Gasteiger partial charge in [-0.3, -0.25) is 9.13 Å². The minimum absolute atomic E-state index is 0.828. The van der Waals surface area contributed by atoms with Crippen LogP contribution in [0.25, 0.3) is 55.2 Å². The SMILES string of the molecule is COc1ccc(-n2c3ccccc3c3cc4c5ccccc5n(-c5ccc(OC)cc5)c4nc32)cc1. The van der Waals surface area contributed by atoms with Gasteiger partial charge in [0.1, 0.15) is 22.8 Å². The van der Waals surface area contributed by atoms with Crippen molar-refractivity contribution >= 4 is 43.9 Å². The smallest absolute Gasteiger partial charge is 0.148 e. The zero-order chi connectivity index (χ0) is 24.2. The van der Waals surface area contributed by atoms with E-state index in [1.54, 1.807) is 14.2 Å². The molecular weight excluding hydrogens is 446 g/mol. The minimum Gasteiger partial charge on any atom is -0.497 e. The van der Waals surface area contributed by atoms with Crippen molar-refractivity contribution in [1.29, 1.82) is 0 Å². The molecule has 0 aliphatic rings. The Morgan fingerprint density at radius 2 is 0.917 bits per heavy atom. The molecule has 7 aromatic rings. The minimum atomic E-state index is 0.828. The molecule has 3 aromatic heterocycles. The summed E-state index contributed by atoms with van der Waals surface area (Å²) in [5, 5.41) is 4.62. The normalized spacial score (nSPS) is 11.6. The maximum absolute atomic E-state index is 5.40. The molecule has 0 aliphatic heterocycles. The number of hydrogen-bond donors (Lipinski definition) is 0. The van der Waals surface area contributed by atoms with Crippen LogP contribution >= 0.6 is 0 Å². The molecule has 0 atom stereocenters. The molecule has 0 saturated heterocycles. The fraction of sp³-hybridized carbons (Fsp3) is 0.0645. The van der Waals surface area contributed by atoms with E-state index in [0.717, 1.165) is 56.0 Å². The lowest BCUT2D eigenvalue weighted by molar-refractivity contribution is 0.414. The quantitative estimate of drug-likeness (QED) is 0.272. The summed E-state index contributed by atoms with van der Waals surface area (Å²) in [6, 6.07) is 35.6. The Bertz CT molecular complexity index is 1760. The van der Waals surface area contributed by atoms with Crippen LogP contribution in [0.5, 0.6) is 11.5 Å². The van der Waals surface area contributed by atoms with Crippen molar-refractivity contribution in [3.63, 3.8) is 0 Å². The molecule has 0 spiro atoms. The lowest BCUT2D eigenvalue weighted by Crippen LogP contribution is -1.99. The van der Waals surface area contributed by atoms with Crippen LogP contribution in [0.1, 0.15) is 0 Å². The van der Waals surface area contributed by atoms with Crippen LogP contribution in [-0.2, 0) is 0 Å². The van der Waals surface area contributed by atoms with Crippen molar-refractivity contribution in [2.45, 2.75) is 0 Å². The van der Waals surface area contributed by atoms with E-state index in [0.29, 0.717) is 0 Å². The van der Waals surface area contributed by atoms with Gasteiger partial charge in [0.25, 0.3) is 0 Å². The lowest BCUT2D eigenvalue weighted by atomic mass is 10.1. The lowest BCUT2D eigenvalue weighted by Gasteiger charge is -2.10. The van der Waals surface area contributed by atoms with Crippen LogP contribution in [0.4, 0.5) is 0 Å². The van der Waals surface area contributed by atoms with E-state index in [9.17, 15) is 0 Å². The molecule has 5 heteroatoms. The first-order valence-corrected chi connectivity index (χ1v) is 11.9. The van der Waals surface area contributed by atoms with Gasteiger partial charge in [-0.1, -0.05) is 36.4 Å². The van der Waals surface area contributed by atoms with Gasteiger partial charge < -0.3 is 9.47 Å². The van der Waals surface area contributed by atoms with Gasteiger partial charge in [-0.15, -0.1) is 0 Å². The molecule has 0 bridgehead atoms. The number of methoxy groups -OCH3 is 2. The molecule has 3 heterocycles. The Morgan fingerprint density at radius 1 is 0.500 bits per heavy atom. The molecule has 174 valence electrons. The molecule has 0 saturated carbocycles. The summed E-state index contributed by atoms with van der Waals surface area (Å²) in [5.41, 5.74) is 6.18. The van der Waals surface area contributed by atoms with Gasteiger partial charge in [-0.2, -0.15) is 0 Å². The monoisotopic (exact) mass is 469 g/mol. The number of fused-ring (bicyclic) bond motifs is 6. The van der Waals surface area contributed by atoms with Crippen LogP contribution in [0.3, 0.4) is 0 Å². The number of ether oxygens (including phenoxy) is 2. The molecule has 0 N–H and O–H groups in total. The second kappa shape index (κ2) is 7.89. The van der Waals surface area contributed by atoms with E-state index in [-0.39, 0.29) is 0 Å². The van der Waals surface area contributed by atoms with Gasteiger partial charge in [-0.05, 0) is 66.7 Å².